The zero-order valence-corrected chi connectivity index (χ0v) is 20.2. The zero-order chi connectivity index (χ0) is 25.0. The number of carboxylic acids is 1. The van der Waals surface area contributed by atoms with Crippen LogP contribution < -0.4 is 5.32 Å². The number of carbonyl (C=O) groups is 3. The molecule has 1 fully saturated rings. The van der Waals surface area contributed by atoms with Crippen molar-refractivity contribution in [1.82, 2.24) is 10.2 Å². The Labute approximate surface area is 205 Å². The fourth-order valence-electron chi connectivity index (χ4n) is 4.91. The second-order valence-corrected chi connectivity index (χ2v) is 9.51. The fourth-order valence-corrected chi connectivity index (χ4v) is 4.91. The molecule has 0 bridgehead atoms. The minimum absolute atomic E-state index is 0.00621. The van der Waals surface area contributed by atoms with Gasteiger partial charge in [-0.15, -0.1) is 0 Å². The first-order valence-electron chi connectivity index (χ1n) is 12.0. The lowest BCUT2D eigenvalue weighted by molar-refractivity contribution is -0.149. The lowest BCUT2D eigenvalue weighted by atomic mass is 9.81. The van der Waals surface area contributed by atoms with E-state index in [1.54, 1.807) is 11.8 Å². The summed E-state index contributed by atoms with van der Waals surface area (Å²) in [7, 11) is 0. The Morgan fingerprint density at radius 1 is 1.06 bits per heavy atom. The third-order valence-electron chi connectivity index (χ3n) is 7.26. The molecular weight excluding hydrogens is 448 g/mol. The first kappa shape index (κ1) is 24.7. The van der Waals surface area contributed by atoms with Gasteiger partial charge in [-0.2, -0.15) is 0 Å². The molecule has 0 spiro atoms. The quantitative estimate of drug-likeness (QED) is 0.533. The third kappa shape index (κ3) is 5.17. The molecule has 8 nitrogen and oxygen atoms in total. The molecule has 35 heavy (non-hydrogen) atoms. The molecule has 2 atom stereocenters. The number of aliphatic carboxylic acids is 1. The normalized spacial score (nSPS) is 20.9. The minimum Gasteiger partial charge on any atom is -0.481 e. The number of amides is 2. The van der Waals surface area contributed by atoms with Gasteiger partial charge in [0, 0.05) is 25.6 Å². The Balaban J connectivity index is 1.14. The van der Waals surface area contributed by atoms with Crippen LogP contribution in [0.25, 0.3) is 11.1 Å². The Bertz CT molecular complexity index is 1060. The van der Waals surface area contributed by atoms with E-state index in [1.165, 1.54) is 11.1 Å². The Morgan fingerprint density at radius 3 is 2.29 bits per heavy atom. The van der Waals surface area contributed by atoms with Gasteiger partial charge in [0.05, 0.1) is 25.0 Å². The van der Waals surface area contributed by atoms with Crippen molar-refractivity contribution in [3.8, 4) is 11.1 Å². The Morgan fingerprint density at radius 2 is 1.69 bits per heavy atom. The maximum atomic E-state index is 12.4. The van der Waals surface area contributed by atoms with Crippen LogP contribution in [0.4, 0.5) is 4.79 Å². The molecule has 1 aliphatic heterocycles. The smallest absolute Gasteiger partial charge is 0.407 e. The number of nitrogens with one attached hydrogen (secondary N) is 1. The average Bonchev–Trinajstić information content (AvgIpc) is 3.34. The highest BCUT2D eigenvalue weighted by atomic mass is 16.5. The van der Waals surface area contributed by atoms with Crippen LogP contribution in [0.1, 0.15) is 37.3 Å². The Hall–Kier alpha value is -3.39. The van der Waals surface area contributed by atoms with Crippen LogP contribution in [0.15, 0.2) is 48.5 Å². The molecule has 1 saturated heterocycles. The first-order chi connectivity index (χ1) is 16.8. The fraction of sp³-hybridized carbons (Fsp3) is 0.444. The van der Waals surface area contributed by atoms with Crippen molar-refractivity contribution in [3.05, 3.63) is 59.7 Å². The highest BCUT2D eigenvalue weighted by Crippen LogP contribution is 2.44. The van der Waals surface area contributed by atoms with Crippen LogP contribution in [-0.4, -0.2) is 67.4 Å². The second kappa shape index (κ2) is 10.5. The van der Waals surface area contributed by atoms with Crippen molar-refractivity contribution in [2.75, 3.05) is 39.5 Å². The van der Waals surface area contributed by atoms with E-state index in [4.69, 9.17) is 9.47 Å². The lowest BCUT2D eigenvalue weighted by Crippen LogP contribution is -2.36. The van der Waals surface area contributed by atoms with Crippen LogP contribution in [0.2, 0.25) is 0 Å². The number of alkyl carbamates (subject to hydrolysis) is 1. The summed E-state index contributed by atoms with van der Waals surface area (Å²) in [6.45, 7) is 5.16. The lowest BCUT2D eigenvalue weighted by Gasteiger charge is -2.22. The topological polar surface area (TPSA) is 105 Å². The number of fused-ring (bicyclic) bond motifs is 3. The zero-order valence-electron chi connectivity index (χ0n) is 20.2. The molecule has 186 valence electrons. The van der Waals surface area contributed by atoms with Crippen molar-refractivity contribution in [2.24, 2.45) is 11.3 Å². The average molecular weight is 481 g/mol. The monoisotopic (exact) mass is 480 g/mol. The molecule has 8 heteroatoms. The van der Waals surface area contributed by atoms with E-state index in [0.717, 1.165) is 11.1 Å². The van der Waals surface area contributed by atoms with Gasteiger partial charge in [0.25, 0.3) is 0 Å². The molecule has 0 unspecified atom stereocenters. The van der Waals surface area contributed by atoms with Gasteiger partial charge in [-0.25, -0.2) is 4.79 Å². The summed E-state index contributed by atoms with van der Waals surface area (Å²) in [5.41, 5.74) is 3.76. The van der Waals surface area contributed by atoms with Crippen LogP contribution in [0.3, 0.4) is 0 Å². The summed E-state index contributed by atoms with van der Waals surface area (Å²) in [4.78, 5) is 37.7. The van der Waals surface area contributed by atoms with E-state index in [-0.39, 0.29) is 57.1 Å². The maximum Gasteiger partial charge on any atom is 0.407 e. The number of carbonyl (C=O) groups excluding carboxylic acids is 2. The summed E-state index contributed by atoms with van der Waals surface area (Å²) in [5, 5.41) is 12.1. The number of rotatable bonds is 9. The second-order valence-electron chi connectivity index (χ2n) is 9.51. The van der Waals surface area contributed by atoms with Crippen molar-refractivity contribution in [2.45, 2.75) is 26.2 Å². The molecule has 2 amide bonds. The van der Waals surface area contributed by atoms with Gasteiger partial charge in [-0.05, 0) is 35.1 Å². The number of benzene rings is 2. The number of hydrogen-bond donors (Lipinski definition) is 2. The standard InChI is InChI=1S/C27H32N2O6/c1-18-15-29(17-27(18,2)25(31)32)24(30)11-13-34-14-12-28-26(33)35-16-23-21-9-5-3-7-19(21)20-8-4-6-10-22(20)23/h3-10,18,23H,11-17H2,1-2H3,(H,28,33)(H,31,32)/t18-,27-/m0/s1. The largest absolute Gasteiger partial charge is 0.481 e. The van der Waals surface area contributed by atoms with Gasteiger partial charge in [0.15, 0.2) is 0 Å². The highest BCUT2D eigenvalue weighted by molar-refractivity contribution is 5.81. The van der Waals surface area contributed by atoms with E-state index in [0.29, 0.717) is 6.54 Å². The van der Waals surface area contributed by atoms with Crippen LogP contribution in [0.5, 0.6) is 0 Å². The minimum atomic E-state index is -0.913. The molecule has 0 radical (unpaired) electrons. The van der Waals surface area contributed by atoms with E-state index in [2.05, 4.69) is 29.6 Å². The molecule has 2 aromatic rings. The summed E-state index contributed by atoms with van der Waals surface area (Å²) in [6, 6.07) is 16.3. The van der Waals surface area contributed by atoms with Crippen molar-refractivity contribution < 1.29 is 29.0 Å². The SMILES string of the molecule is C[C@H]1CN(C(=O)CCOCCNC(=O)OCC2c3ccccc3-c3ccccc32)C[C@]1(C)C(=O)O. The highest BCUT2D eigenvalue weighted by Gasteiger charge is 2.47. The number of hydrogen-bond acceptors (Lipinski definition) is 5. The van der Waals surface area contributed by atoms with Crippen LogP contribution in [-0.2, 0) is 19.1 Å². The molecule has 2 aliphatic rings. The van der Waals surface area contributed by atoms with Gasteiger partial charge < -0.3 is 24.8 Å². The third-order valence-corrected chi connectivity index (χ3v) is 7.26. The number of nitrogens with zero attached hydrogens (tertiary/aromatic N) is 1. The molecular formula is C27H32N2O6. The molecule has 0 saturated carbocycles. The van der Waals surface area contributed by atoms with Crippen molar-refractivity contribution in [3.63, 3.8) is 0 Å². The maximum absolute atomic E-state index is 12.4. The molecule has 1 aliphatic carbocycles. The van der Waals surface area contributed by atoms with Crippen molar-refractivity contribution >= 4 is 18.0 Å². The summed E-state index contributed by atoms with van der Waals surface area (Å²) >= 11 is 0. The van der Waals surface area contributed by atoms with Crippen LogP contribution in [0, 0.1) is 11.3 Å². The first-order valence-corrected chi connectivity index (χ1v) is 12.0. The predicted octanol–water partition coefficient (Wildman–Crippen LogP) is 3.50. The van der Waals surface area contributed by atoms with Gasteiger partial charge in [-0.3, -0.25) is 9.59 Å². The van der Waals surface area contributed by atoms with E-state index in [9.17, 15) is 19.5 Å². The van der Waals surface area contributed by atoms with E-state index >= 15 is 0 Å². The molecule has 2 N–H and O–H groups in total. The summed E-state index contributed by atoms with van der Waals surface area (Å²) in [5.74, 6) is -1.10. The number of carboxylic acid groups (broad SMARTS) is 1. The Kier molecular flexibility index (Phi) is 7.40. The van der Waals surface area contributed by atoms with Crippen molar-refractivity contribution in [1.29, 1.82) is 0 Å². The van der Waals surface area contributed by atoms with Gasteiger partial charge in [-0.1, -0.05) is 55.5 Å². The number of likely N-dealkylation sites (tertiary alicyclic amines) is 1. The van der Waals surface area contributed by atoms with E-state index in [1.807, 2.05) is 31.2 Å². The molecule has 4 rings (SSSR count). The summed E-state index contributed by atoms with van der Waals surface area (Å²) < 4.78 is 11.0. The summed E-state index contributed by atoms with van der Waals surface area (Å²) in [6.07, 6.45) is -0.335. The van der Waals surface area contributed by atoms with E-state index < -0.39 is 17.5 Å². The molecule has 0 aromatic heterocycles. The predicted molar refractivity (Wildman–Crippen MR) is 130 cm³/mol. The van der Waals surface area contributed by atoms with Gasteiger partial charge in [0.2, 0.25) is 5.91 Å². The van der Waals surface area contributed by atoms with Crippen LogP contribution >= 0.6 is 0 Å². The number of ether oxygens (including phenoxy) is 2. The van der Waals surface area contributed by atoms with Gasteiger partial charge >= 0.3 is 12.1 Å². The molecule has 2 aromatic carbocycles. The van der Waals surface area contributed by atoms with Gasteiger partial charge in [0.1, 0.15) is 6.61 Å². The molecule has 1 heterocycles.